The molecule has 10 N–H and O–H groups in total. The van der Waals surface area contributed by atoms with Gasteiger partial charge in [-0.05, 0) is 129 Å². The van der Waals surface area contributed by atoms with Crippen LogP contribution in [-0.4, -0.2) is 168 Å². The third kappa shape index (κ3) is 7.57. The van der Waals surface area contributed by atoms with Gasteiger partial charge in [0.05, 0.1) is 24.2 Å². The molecule has 18 heteroatoms. The summed E-state index contributed by atoms with van der Waals surface area (Å²) in [5, 5.41) is 107. The number of allylic oxidation sites excluding steroid dienone is 1. The summed E-state index contributed by atoms with van der Waals surface area (Å²) in [6, 6.07) is 0. The Kier molecular flexibility index (Phi) is 13.6. The molecule has 8 rings (SSSR count). The van der Waals surface area contributed by atoms with Crippen molar-refractivity contribution in [1.29, 1.82) is 0 Å². The number of aliphatic hydroxyl groups is 8. The summed E-state index contributed by atoms with van der Waals surface area (Å²) in [6.45, 7) is 18.6. The number of rotatable bonds is 10. The van der Waals surface area contributed by atoms with Crippen LogP contribution >= 0.6 is 0 Å². The average Bonchev–Trinajstić information content (AvgIpc) is 3.66. The number of ether oxygens (including phenoxy) is 6. The van der Waals surface area contributed by atoms with Gasteiger partial charge in [0.1, 0.15) is 61.0 Å². The first-order chi connectivity index (χ1) is 30.8. The maximum absolute atomic E-state index is 13.2. The molecule has 0 spiro atoms. The van der Waals surface area contributed by atoms with E-state index in [2.05, 4.69) is 48.1 Å². The minimum atomic E-state index is -2.04. The molecular weight excluding hydrogens is 865 g/mol. The first kappa shape index (κ1) is 50.5. The highest BCUT2D eigenvalue weighted by Gasteiger charge is 2.72. The molecule has 66 heavy (non-hydrogen) atoms. The number of hydrogen-bond donors (Lipinski definition) is 10. The lowest BCUT2D eigenvalue weighted by molar-refractivity contribution is -0.395. The normalized spacial score (nSPS) is 54.6. The highest BCUT2D eigenvalue weighted by Crippen LogP contribution is 2.77. The van der Waals surface area contributed by atoms with E-state index in [-0.39, 0.29) is 39.9 Å². The molecular formula is C48H76O18. The van der Waals surface area contributed by atoms with Crippen LogP contribution in [0.25, 0.3) is 0 Å². The van der Waals surface area contributed by atoms with Crippen molar-refractivity contribution < 1.29 is 89.1 Å². The van der Waals surface area contributed by atoms with Gasteiger partial charge in [-0.25, -0.2) is 4.79 Å². The minimum absolute atomic E-state index is 0.0470. The van der Waals surface area contributed by atoms with Gasteiger partial charge in [-0.2, -0.15) is 0 Å². The third-order valence-corrected chi connectivity index (χ3v) is 19.7. The summed E-state index contributed by atoms with van der Waals surface area (Å²) in [7, 11) is 0. The molecule has 5 aliphatic carbocycles. The topological polar surface area (TPSA) is 292 Å². The molecule has 3 aliphatic heterocycles. The van der Waals surface area contributed by atoms with Crippen LogP contribution < -0.4 is 0 Å². The minimum Gasteiger partial charge on any atom is -0.481 e. The molecule has 0 aromatic heterocycles. The number of carbonyl (C=O) groups is 2. The van der Waals surface area contributed by atoms with E-state index in [1.807, 2.05) is 0 Å². The molecule has 8 aliphatic rings. The predicted molar refractivity (Wildman–Crippen MR) is 230 cm³/mol. The van der Waals surface area contributed by atoms with Gasteiger partial charge in [-0.1, -0.05) is 46.8 Å². The van der Waals surface area contributed by atoms with Gasteiger partial charge in [0, 0.05) is 0 Å². The fourth-order valence-corrected chi connectivity index (χ4v) is 15.9. The van der Waals surface area contributed by atoms with E-state index in [1.54, 1.807) is 0 Å². The van der Waals surface area contributed by atoms with Crippen LogP contribution in [0.4, 0.5) is 0 Å². The van der Waals surface area contributed by atoms with Gasteiger partial charge < -0.3 is 79.5 Å². The molecule has 376 valence electrons. The standard InChI is InChI=1S/C48H76O18/c1-20(2)22-11-16-48(43(59)60)18-17-46(7)23(28(22)48)9-10-26-45(6)14-13-27(44(4,5)25(45)12-15-47(26,46)8)63-42-38(34(55)33(54)36(64-42)39(57)58)66-41-37(32(53)30(51)24(19-49)62-41)65-40-35(56)31(52)29(50)21(3)61-40/h21-38,40-42,49-56H,1,9-19H2,2-8H3,(H,57,58)(H,59,60)/t21-,22?,23?,24+,25?,26+,27-,28?,29-,30+,31+,32-,33-,34-,35+,36-,37+,38+,40-,41-,42+,45-,46+,47+,48-/m0/s1. The smallest absolute Gasteiger partial charge is 0.335 e. The lowest BCUT2D eigenvalue weighted by Gasteiger charge is -2.73. The van der Waals surface area contributed by atoms with Crippen molar-refractivity contribution in [2.45, 2.75) is 211 Å². The van der Waals surface area contributed by atoms with Crippen molar-refractivity contribution in [2.75, 3.05) is 6.61 Å². The number of carboxylic acid groups (broad SMARTS) is 2. The molecule has 0 radical (unpaired) electrons. The molecule has 0 bridgehead atoms. The van der Waals surface area contributed by atoms with Crippen LogP contribution in [0.1, 0.15) is 113 Å². The highest BCUT2D eigenvalue weighted by atomic mass is 16.8. The second-order valence-electron chi connectivity index (χ2n) is 23.0. The zero-order chi connectivity index (χ0) is 48.4. The first-order valence-electron chi connectivity index (χ1n) is 24.2. The Bertz CT molecular complexity index is 1830. The molecule has 18 nitrogen and oxygen atoms in total. The maximum atomic E-state index is 13.2. The number of carboxylic acids is 2. The first-order valence-corrected chi connectivity index (χ1v) is 24.2. The third-order valence-electron chi connectivity index (χ3n) is 19.7. The zero-order valence-corrected chi connectivity index (χ0v) is 39.3. The van der Waals surface area contributed by atoms with Gasteiger partial charge in [0.2, 0.25) is 0 Å². The van der Waals surface area contributed by atoms with Crippen LogP contribution in [-0.2, 0) is 38.0 Å². The maximum Gasteiger partial charge on any atom is 0.335 e. The van der Waals surface area contributed by atoms with Crippen molar-refractivity contribution in [3.8, 4) is 0 Å². The van der Waals surface area contributed by atoms with E-state index < -0.39 is 128 Å². The van der Waals surface area contributed by atoms with Crippen molar-refractivity contribution in [2.24, 2.45) is 56.7 Å². The Hall–Kier alpha value is -1.88. The van der Waals surface area contributed by atoms with Gasteiger partial charge in [-0.3, -0.25) is 4.79 Å². The van der Waals surface area contributed by atoms with E-state index in [4.69, 9.17) is 28.4 Å². The van der Waals surface area contributed by atoms with E-state index in [9.17, 15) is 60.7 Å². The van der Waals surface area contributed by atoms with Gasteiger partial charge in [0.15, 0.2) is 25.0 Å². The molecule has 0 aromatic carbocycles. The largest absolute Gasteiger partial charge is 0.481 e. The van der Waals surface area contributed by atoms with Gasteiger partial charge >= 0.3 is 11.9 Å². The molecule has 0 aromatic rings. The second kappa shape index (κ2) is 17.8. The van der Waals surface area contributed by atoms with E-state index in [1.165, 1.54) is 6.92 Å². The van der Waals surface area contributed by atoms with Gasteiger partial charge in [0.25, 0.3) is 0 Å². The van der Waals surface area contributed by atoms with Crippen LogP contribution in [0.5, 0.6) is 0 Å². The average molecular weight is 941 g/mol. The Balaban J connectivity index is 1.05. The number of fused-ring (bicyclic) bond motifs is 7. The summed E-state index contributed by atoms with van der Waals surface area (Å²) < 4.78 is 36.3. The molecule has 3 saturated heterocycles. The Morgan fingerprint density at radius 2 is 1.27 bits per heavy atom. The zero-order valence-electron chi connectivity index (χ0n) is 39.3. The van der Waals surface area contributed by atoms with Crippen molar-refractivity contribution in [3.63, 3.8) is 0 Å². The molecule has 3 heterocycles. The quantitative estimate of drug-likeness (QED) is 0.110. The van der Waals surface area contributed by atoms with E-state index in [0.717, 1.165) is 50.5 Å². The number of aliphatic hydroxyl groups excluding tert-OH is 8. The van der Waals surface area contributed by atoms with Crippen molar-refractivity contribution >= 4 is 11.9 Å². The van der Waals surface area contributed by atoms with Crippen LogP contribution in [0.3, 0.4) is 0 Å². The van der Waals surface area contributed by atoms with Crippen LogP contribution in [0, 0.1) is 56.7 Å². The summed E-state index contributed by atoms with van der Waals surface area (Å²) in [6.07, 6.45) is -18.4. The second-order valence-corrected chi connectivity index (χ2v) is 23.0. The molecule has 4 unspecified atom stereocenters. The van der Waals surface area contributed by atoms with E-state index in [0.29, 0.717) is 25.2 Å². The molecule has 25 atom stereocenters. The lowest BCUT2D eigenvalue weighted by atomic mass is 9.32. The summed E-state index contributed by atoms with van der Waals surface area (Å²) >= 11 is 0. The fourth-order valence-electron chi connectivity index (χ4n) is 15.9. The summed E-state index contributed by atoms with van der Waals surface area (Å²) in [5.74, 6) is -1.31. The highest BCUT2D eigenvalue weighted by molar-refractivity contribution is 5.76. The summed E-state index contributed by atoms with van der Waals surface area (Å²) in [4.78, 5) is 25.6. The Morgan fingerprint density at radius 1 is 0.636 bits per heavy atom. The van der Waals surface area contributed by atoms with Crippen molar-refractivity contribution in [1.82, 2.24) is 0 Å². The van der Waals surface area contributed by atoms with E-state index >= 15 is 0 Å². The Morgan fingerprint density at radius 3 is 1.89 bits per heavy atom. The fraction of sp³-hybridized carbons (Fsp3) is 0.917. The molecule has 8 fully saturated rings. The molecule has 5 saturated carbocycles. The number of aliphatic carboxylic acids is 2. The lowest BCUT2D eigenvalue weighted by Crippen LogP contribution is -2.68. The Labute approximate surface area is 386 Å². The molecule has 0 amide bonds. The number of hydrogen-bond acceptors (Lipinski definition) is 16. The SMILES string of the molecule is C=C(C)C1CC[C@]2(C(=O)O)CC[C@]3(C)C(CC[C@@H]4[C@@]5(C)CC[C@H](O[C@@H]6O[C@H](C(=O)O)[C@@H](O)[C@H](O)[C@H]6O[C@@H]6O[C@H](CO)[C@@H](O)[C@H](O)[C@H]6O[C@@H]6O[C@@H](C)[C@H](O)[C@@H](O)[C@H]6O)C(C)(C)C5CC[C@]43C)C12. The van der Waals surface area contributed by atoms with Crippen molar-refractivity contribution in [3.05, 3.63) is 12.2 Å². The van der Waals surface area contributed by atoms with Gasteiger partial charge in [-0.15, -0.1) is 0 Å². The van der Waals surface area contributed by atoms with Crippen LogP contribution in [0.15, 0.2) is 12.2 Å². The van der Waals surface area contributed by atoms with Crippen LogP contribution in [0.2, 0.25) is 0 Å². The summed E-state index contributed by atoms with van der Waals surface area (Å²) in [5.41, 5.74) is -0.518. The predicted octanol–water partition coefficient (Wildman–Crippen LogP) is 1.68. The monoisotopic (exact) mass is 941 g/mol.